The third-order valence-corrected chi connectivity index (χ3v) is 2.88. The molecule has 1 aromatic carbocycles. The third-order valence-electron chi connectivity index (χ3n) is 2.35. The topological polar surface area (TPSA) is 67.0 Å². The van der Waals surface area contributed by atoms with Gasteiger partial charge in [0.05, 0.1) is 11.2 Å². The van der Waals surface area contributed by atoms with Crippen LogP contribution in [-0.2, 0) is 4.79 Å². The summed E-state index contributed by atoms with van der Waals surface area (Å²) in [5, 5.41) is 9.98. The molecule has 0 aliphatic rings. The number of aryl methyl sites for hydroxylation is 1. The van der Waals surface area contributed by atoms with Crippen LogP contribution in [0.5, 0.6) is 5.75 Å². The lowest BCUT2D eigenvalue weighted by atomic mass is 10.3. The number of nitrogens with zero attached hydrogens (tertiary/aromatic N) is 1. The van der Waals surface area contributed by atoms with E-state index in [1.807, 2.05) is 6.92 Å². The molecule has 0 aliphatic heterocycles. The van der Waals surface area contributed by atoms with Gasteiger partial charge in [-0.3, -0.25) is 9.89 Å². The minimum absolute atomic E-state index is 0.153. The summed E-state index contributed by atoms with van der Waals surface area (Å²) in [4.78, 5) is 11.7. The second-order valence-corrected chi connectivity index (χ2v) is 4.68. The Labute approximate surface area is 119 Å². The van der Waals surface area contributed by atoms with Gasteiger partial charge in [-0.15, -0.1) is 0 Å². The number of amides is 1. The van der Waals surface area contributed by atoms with Crippen LogP contribution in [0.4, 0.5) is 5.82 Å². The normalized spacial score (nSPS) is 10.3. The first-order chi connectivity index (χ1) is 9.06. The minimum Gasteiger partial charge on any atom is -0.482 e. The van der Waals surface area contributed by atoms with E-state index in [2.05, 4.69) is 15.5 Å². The van der Waals surface area contributed by atoms with Crippen molar-refractivity contribution in [2.45, 2.75) is 6.92 Å². The summed E-state index contributed by atoms with van der Waals surface area (Å²) in [6, 6.07) is 4.80. The van der Waals surface area contributed by atoms with Crippen LogP contribution in [-0.4, -0.2) is 22.7 Å². The largest absolute Gasteiger partial charge is 0.482 e. The van der Waals surface area contributed by atoms with Crippen LogP contribution in [0.25, 0.3) is 0 Å². The van der Waals surface area contributed by atoms with Crippen LogP contribution < -0.4 is 10.1 Å². The number of carbonyl (C=O) groups excluding carboxylic acids is 1. The highest BCUT2D eigenvalue weighted by molar-refractivity contribution is 6.35. The molecule has 0 fully saturated rings. The van der Waals surface area contributed by atoms with Crippen LogP contribution >= 0.6 is 23.2 Å². The molecule has 1 amide bonds. The molecular formula is C12H11Cl2N3O2. The van der Waals surface area contributed by atoms with Crippen molar-refractivity contribution in [3.63, 3.8) is 0 Å². The van der Waals surface area contributed by atoms with E-state index in [0.717, 1.165) is 5.56 Å². The zero-order chi connectivity index (χ0) is 13.8. The summed E-state index contributed by atoms with van der Waals surface area (Å²) in [5.41, 5.74) is 0.845. The number of nitrogens with one attached hydrogen (secondary N) is 2. The number of ether oxygens (including phenoxy) is 1. The van der Waals surface area contributed by atoms with Crippen molar-refractivity contribution in [1.29, 1.82) is 0 Å². The van der Waals surface area contributed by atoms with E-state index in [4.69, 9.17) is 27.9 Å². The Balaban J connectivity index is 1.92. The maximum atomic E-state index is 11.7. The lowest BCUT2D eigenvalue weighted by molar-refractivity contribution is -0.118. The molecule has 0 unspecified atom stereocenters. The summed E-state index contributed by atoms with van der Waals surface area (Å²) >= 11 is 11.7. The molecule has 0 saturated heterocycles. The van der Waals surface area contributed by atoms with Crippen molar-refractivity contribution in [3.8, 4) is 5.75 Å². The third kappa shape index (κ3) is 3.62. The molecule has 2 rings (SSSR count). The molecule has 0 radical (unpaired) electrons. The quantitative estimate of drug-likeness (QED) is 0.912. The molecule has 2 aromatic rings. The summed E-state index contributed by atoms with van der Waals surface area (Å²) in [7, 11) is 0. The highest BCUT2D eigenvalue weighted by Gasteiger charge is 2.08. The predicted molar refractivity (Wildman–Crippen MR) is 73.9 cm³/mol. The number of aromatic nitrogens is 2. The van der Waals surface area contributed by atoms with Gasteiger partial charge < -0.3 is 10.1 Å². The standard InChI is InChI=1S/C12H11Cl2N3O2/c1-7-5-15-17-12(7)16-11(18)6-19-10-3-2-8(13)4-9(10)14/h2-5H,6H2,1H3,(H2,15,16,17,18). The SMILES string of the molecule is Cc1cn[nH]c1NC(=O)COc1ccc(Cl)cc1Cl. The monoisotopic (exact) mass is 299 g/mol. The van der Waals surface area contributed by atoms with E-state index in [0.29, 0.717) is 21.6 Å². The number of carbonyl (C=O) groups is 1. The summed E-state index contributed by atoms with van der Waals surface area (Å²) < 4.78 is 5.31. The molecular weight excluding hydrogens is 289 g/mol. The fourth-order valence-electron chi connectivity index (χ4n) is 1.38. The lowest BCUT2D eigenvalue weighted by Crippen LogP contribution is -2.20. The number of hydrogen-bond donors (Lipinski definition) is 2. The number of halogens is 2. The molecule has 0 aliphatic carbocycles. The second kappa shape index (κ2) is 5.95. The van der Waals surface area contributed by atoms with Crippen molar-refractivity contribution in [3.05, 3.63) is 40.0 Å². The molecule has 0 saturated carbocycles. The summed E-state index contributed by atoms with van der Waals surface area (Å²) in [6.07, 6.45) is 1.62. The second-order valence-electron chi connectivity index (χ2n) is 3.84. The maximum absolute atomic E-state index is 11.7. The molecule has 0 spiro atoms. The van der Waals surface area contributed by atoms with Gasteiger partial charge in [-0.25, -0.2) is 0 Å². The summed E-state index contributed by atoms with van der Waals surface area (Å²) in [5.74, 6) is 0.650. The van der Waals surface area contributed by atoms with Crippen molar-refractivity contribution >= 4 is 34.9 Å². The molecule has 0 atom stereocenters. The lowest BCUT2D eigenvalue weighted by Gasteiger charge is -2.08. The Morgan fingerprint density at radius 1 is 1.47 bits per heavy atom. The molecule has 0 bridgehead atoms. The highest BCUT2D eigenvalue weighted by Crippen LogP contribution is 2.27. The minimum atomic E-state index is -0.307. The molecule has 2 N–H and O–H groups in total. The molecule has 1 aromatic heterocycles. The van der Waals surface area contributed by atoms with Crippen LogP contribution in [0.1, 0.15) is 5.56 Å². The van der Waals surface area contributed by atoms with Gasteiger partial charge in [0, 0.05) is 10.6 Å². The van der Waals surface area contributed by atoms with Gasteiger partial charge in [0.1, 0.15) is 11.6 Å². The zero-order valence-electron chi connectivity index (χ0n) is 10.0. The highest BCUT2D eigenvalue weighted by atomic mass is 35.5. The van der Waals surface area contributed by atoms with Crippen molar-refractivity contribution < 1.29 is 9.53 Å². The van der Waals surface area contributed by atoms with E-state index in [-0.39, 0.29) is 12.5 Å². The number of aromatic amines is 1. The van der Waals surface area contributed by atoms with E-state index in [1.165, 1.54) is 0 Å². The smallest absolute Gasteiger partial charge is 0.263 e. The van der Waals surface area contributed by atoms with Crippen LogP contribution in [0.15, 0.2) is 24.4 Å². The average Bonchev–Trinajstić information content (AvgIpc) is 2.74. The van der Waals surface area contributed by atoms with Gasteiger partial charge in [-0.1, -0.05) is 23.2 Å². The van der Waals surface area contributed by atoms with Crippen molar-refractivity contribution in [1.82, 2.24) is 10.2 Å². The average molecular weight is 300 g/mol. The number of rotatable bonds is 4. The van der Waals surface area contributed by atoms with Crippen molar-refractivity contribution in [2.75, 3.05) is 11.9 Å². The fourth-order valence-corrected chi connectivity index (χ4v) is 1.85. The number of anilines is 1. The van der Waals surface area contributed by atoms with Gasteiger partial charge in [0.15, 0.2) is 6.61 Å². The van der Waals surface area contributed by atoms with Gasteiger partial charge in [0.25, 0.3) is 5.91 Å². The van der Waals surface area contributed by atoms with E-state index < -0.39 is 0 Å². The molecule has 19 heavy (non-hydrogen) atoms. The predicted octanol–water partition coefficient (Wildman–Crippen LogP) is 3.04. The first-order valence-corrected chi connectivity index (χ1v) is 6.19. The first kappa shape index (κ1) is 13.7. The molecule has 1 heterocycles. The molecule has 7 heteroatoms. The fraction of sp³-hybridized carbons (Fsp3) is 0.167. The number of benzene rings is 1. The van der Waals surface area contributed by atoms with E-state index >= 15 is 0 Å². The first-order valence-electron chi connectivity index (χ1n) is 5.44. The zero-order valence-corrected chi connectivity index (χ0v) is 11.5. The van der Waals surface area contributed by atoms with Crippen molar-refractivity contribution in [2.24, 2.45) is 0 Å². The maximum Gasteiger partial charge on any atom is 0.263 e. The Bertz CT molecular complexity index is 598. The van der Waals surface area contributed by atoms with Crippen LogP contribution in [0, 0.1) is 6.92 Å². The van der Waals surface area contributed by atoms with Crippen LogP contribution in [0.3, 0.4) is 0 Å². The van der Waals surface area contributed by atoms with Gasteiger partial charge >= 0.3 is 0 Å². The van der Waals surface area contributed by atoms with Crippen LogP contribution in [0.2, 0.25) is 10.0 Å². The molecule has 100 valence electrons. The summed E-state index contributed by atoms with van der Waals surface area (Å²) in [6.45, 7) is 1.68. The van der Waals surface area contributed by atoms with E-state index in [9.17, 15) is 4.79 Å². The van der Waals surface area contributed by atoms with Gasteiger partial charge in [-0.05, 0) is 25.1 Å². The number of hydrogen-bond acceptors (Lipinski definition) is 3. The Morgan fingerprint density at radius 2 is 2.26 bits per heavy atom. The Hall–Kier alpha value is -1.72. The number of H-pyrrole nitrogens is 1. The molecule has 5 nitrogen and oxygen atoms in total. The Kier molecular flexibility index (Phi) is 4.29. The van der Waals surface area contributed by atoms with Gasteiger partial charge in [0.2, 0.25) is 0 Å². The Morgan fingerprint density at radius 3 is 2.89 bits per heavy atom. The van der Waals surface area contributed by atoms with Gasteiger partial charge in [-0.2, -0.15) is 5.10 Å². The van der Waals surface area contributed by atoms with E-state index in [1.54, 1.807) is 24.4 Å².